The molecule has 2 aliphatic rings. The van der Waals surface area contributed by atoms with E-state index in [2.05, 4.69) is 5.32 Å². The molecule has 17 nitrogen and oxygen atoms in total. The van der Waals surface area contributed by atoms with Crippen LogP contribution in [0.4, 0.5) is 5.69 Å². The molecule has 0 aliphatic carbocycles. The van der Waals surface area contributed by atoms with Gasteiger partial charge in [0.15, 0.2) is 5.75 Å². The topological polar surface area (TPSA) is 253 Å². The Morgan fingerprint density at radius 3 is 2.24 bits per heavy atom. The van der Waals surface area contributed by atoms with E-state index in [1.54, 1.807) is 63.4 Å². The fourth-order valence-corrected chi connectivity index (χ4v) is 8.03. The summed E-state index contributed by atoms with van der Waals surface area (Å²) in [5.41, 5.74) is 2.18. The summed E-state index contributed by atoms with van der Waals surface area (Å²) >= 11 is 0. The number of imidazole rings is 1. The van der Waals surface area contributed by atoms with Crippen molar-refractivity contribution >= 4 is 60.9 Å². The number of ether oxygens (including phenoxy) is 4. The smallest absolute Gasteiger partial charge is 0.312 e. The molecule has 18 heteroatoms. The number of aromatic nitrogens is 2. The zero-order valence-corrected chi connectivity index (χ0v) is 37.3. The summed E-state index contributed by atoms with van der Waals surface area (Å²) in [7, 11) is -2.21. The lowest BCUT2D eigenvalue weighted by molar-refractivity contribution is -0.160. The third-order valence-electron chi connectivity index (χ3n) is 11.5. The number of carbonyl (C=O) groups excluding carboxylic acids is 3. The normalized spacial score (nSPS) is 29.3. The van der Waals surface area contributed by atoms with Crippen molar-refractivity contribution in [3.63, 3.8) is 0 Å². The second-order valence-electron chi connectivity index (χ2n) is 16.3. The first kappa shape index (κ1) is 47.5. The number of aryl methyl sites for hydroxylation is 1. The monoisotopic (exact) mass is 881 g/mol. The van der Waals surface area contributed by atoms with Crippen molar-refractivity contribution in [3.05, 3.63) is 71.2 Å². The van der Waals surface area contributed by atoms with Gasteiger partial charge in [-0.2, -0.15) is 8.42 Å². The largest absolute Gasteiger partial charge is 0.507 e. The van der Waals surface area contributed by atoms with E-state index in [0.717, 1.165) is 5.56 Å². The van der Waals surface area contributed by atoms with Crippen LogP contribution in [0.5, 0.6) is 17.2 Å². The van der Waals surface area contributed by atoms with Gasteiger partial charge in [-0.3, -0.25) is 23.3 Å². The predicted molar refractivity (Wildman–Crippen MR) is 231 cm³/mol. The number of ketones is 1. The van der Waals surface area contributed by atoms with E-state index in [4.69, 9.17) is 28.5 Å². The molecule has 0 unspecified atom stereocenters. The number of pyridine rings is 1. The summed E-state index contributed by atoms with van der Waals surface area (Å²) in [6.45, 7) is 14.7. The van der Waals surface area contributed by atoms with Gasteiger partial charge in [0.25, 0.3) is 21.8 Å². The fourth-order valence-electron chi connectivity index (χ4n) is 8.03. The Bertz CT molecular complexity index is 2630. The number of anilines is 1. The molecule has 0 radical (unpaired) electrons. The molecule has 6 rings (SSSR count). The lowest BCUT2D eigenvalue weighted by Crippen LogP contribution is -2.46. The lowest BCUT2D eigenvalue weighted by Gasteiger charge is -2.38. The number of phenolic OH excluding ortho intramolecular Hbond substituents is 2. The number of amides is 1. The number of methoxy groups -OCH3 is 1. The number of fused-ring (bicyclic) bond motifs is 2. The molecule has 0 saturated heterocycles. The summed E-state index contributed by atoms with van der Waals surface area (Å²) in [6, 6.07) is 3.64. The number of hydrogen-bond acceptors (Lipinski definition) is 14. The van der Waals surface area contributed by atoms with Crippen molar-refractivity contribution in [3.8, 4) is 17.2 Å². The number of carbonyl (C=O) groups is 3. The van der Waals surface area contributed by atoms with Crippen LogP contribution >= 0.6 is 0 Å². The van der Waals surface area contributed by atoms with E-state index in [9.17, 15) is 43.2 Å². The first-order valence-corrected chi connectivity index (χ1v) is 21.7. The number of rotatable bonds is 2. The Morgan fingerprint density at radius 1 is 0.984 bits per heavy atom. The van der Waals surface area contributed by atoms with Crippen LogP contribution in [0.3, 0.4) is 0 Å². The van der Waals surface area contributed by atoms with Crippen molar-refractivity contribution in [2.24, 2.45) is 23.7 Å². The zero-order chi connectivity index (χ0) is 46.3. The lowest BCUT2D eigenvalue weighted by atomic mass is 9.78. The zero-order valence-electron chi connectivity index (χ0n) is 36.5. The summed E-state index contributed by atoms with van der Waals surface area (Å²) < 4.78 is 51.4. The number of esters is 1. The highest BCUT2D eigenvalue weighted by molar-refractivity contribution is 7.85. The van der Waals surface area contributed by atoms with Gasteiger partial charge in [-0.15, -0.1) is 0 Å². The van der Waals surface area contributed by atoms with Gasteiger partial charge in [-0.1, -0.05) is 45.9 Å². The van der Waals surface area contributed by atoms with Crippen molar-refractivity contribution in [2.75, 3.05) is 18.7 Å². The molecule has 0 fully saturated rings. The van der Waals surface area contributed by atoms with E-state index in [1.165, 1.54) is 40.2 Å². The maximum atomic E-state index is 14.6. The van der Waals surface area contributed by atoms with Crippen molar-refractivity contribution < 1.29 is 66.7 Å². The van der Waals surface area contributed by atoms with Gasteiger partial charge in [0.1, 0.15) is 40.0 Å². The fraction of sp³-hybridized carbons (Fsp3) is 0.455. The molecule has 2 aliphatic heterocycles. The highest BCUT2D eigenvalue weighted by atomic mass is 32.2. The average molecular weight is 882 g/mol. The minimum atomic E-state index is -3.67. The van der Waals surface area contributed by atoms with Crippen LogP contribution < -0.4 is 10.1 Å². The summed E-state index contributed by atoms with van der Waals surface area (Å²) in [6.07, 6.45) is 6.34. The number of aliphatic hydroxyl groups excluding tert-OH is 2. The predicted octanol–water partition coefficient (Wildman–Crippen LogP) is 5.66. The number of aromatic hydroxyl groups is 2. The Balaban J connectivity index is 0.00000137. The number of nitrogens with one attached hydrogen (secondary N) is 1. The van der Waals surface area contributed by atoms with E-state index in [-0.39, 0.29) is 55.7 Å². The number of phenols is 2. The van der Waals surface area contributed by atoms with E-state index in [1.807, 2.05) is 19.1 Å². The molecule has 0 spiro atoms. The van der Waals surface area contributed by atoms with E-state index < -0.39 is 87.4 Å². The van der Waals surface area contributed by atoms with Crippen LogP contribution in [-0.2, 0) is 33.9 Å². The second kappa shape index (κ2) is 18.1. The van der Waals surface area contributed by atoms with Gasteiger partial charge >= 0.3 is 11.8 Å². The average Bonchev–Trinajstić information content (AvgIpc) is 3.69. The van der Waals surface area contributed by atoms with Crippen LogP contribution in [-0.4, -0.2) is 104 Å². The van der Waals surface area contributed by atoms with Crippen LogP contribution in [0.1, 0.15) is 70.0 Å². The highest BCUT2D eigenvalue weighted by Gasteiger charge is 2.50. The van der Waals surface area contributed by atoms with Crippen LogP contribution in [0.2, 0.25) is 0 Å². The number of hydrogen-bond donors (Lipinski definition) is 6. The number of benzene rings is 2. The molecule has 62 heavy (non-hydrogen) atoms. The molecular formula is C44H55N3O14S. The van der Waals surface area contributed by atoms with E-state index >= 15 is 0 Å². The summed E-state index contributed by atoms with van der Waals surface area (Å²) in [5.74, 6) is -6.96. The third kappa shape index (κ3) is 9.29. The Kier molecular flexibility index (Phi) is 13.8. The number of Topliss-reactive ketones (excluding diaryl/α,β-unsaturated/α-hetero) is 1. The number of nitrogens with zero attached hydrogens (tertiary/aromatic N) is 2. The van der Waals surface area contributed by atoms with Gasteiger partial charge in [0.2, 0.25) is 0 Å². The molecule has 336 valence electrons. The molecule has 2 aromatic heterocycles. The molecular weight excluding hydrogens is 827 g/mol. The molecule has 9 atom stereocenters. The highest BCUT2D eigenvalue weighted by Crippen LogP contribution is 2.54. The standard InChI is InChI=1S/C43H51N3O11.CH4O3S/c1-19-14-16-46-28(18-19)44-32-29-30-37(50)25(7)40-31(29)41(52)43(9,57-40)55-17-15-27(54-10)22(4)39(56-26(8)47)24(6)36(49)23(5)35(48)20(2)12-11-13-21(3)42(53)45-33(34(32)46)38(30)51;1-5(2,3)4/h11-18,20,22-24,27,35-36,39,48-51H,1-10H3,(H,45,53);1H3,(H,2,3,4)/b12-11+,17-15+,21-13-;/t20-,22-,23+,24+,27-,35-,36+,39+,43-;/m0./s1. The van der Waals surface area contributed by atoms with Crippen molar-refractivity contribution in [1.29, 1.82) is 0 Å². The molecule has 6 N–H and O–H groups in total. The third-order valence-corrected chi connectivity index (χ3v) is 11.5. The van der Waals surface area contributed by atoms with Crippen LogP contribution in [0.25, 0.3) is 27.5 Å². The SMILES string of the molecule is CO[C@H]1/C=C/O[C@@]2(C)Oc3c(C)c(O)c4c(O)c(c5c(nc6cc(C)ccn65)c4c3C2=O)NC(=O)/C(C)=C\C=C\[C@H](C)[C@H](O)[C@@H](C)[C@@H](O)[C@@H](C)[C@H](OC(C)=O)[C@H]1C.CS(=O)(=O)O. The maximum absolute atomic E-state index is 14.6. The molecule has 2 aromatic carbocycles. The first-order chi connectivity index (χ1) is 28.8. The molecule has 0 saturated carbocycles. The van der Waals surface area contributed by atoms with Gasteiger partial charge in [-0.05, 0) is 44.5 Å². The second-order valence-corrected chi connectivity index (χ2v) is 17.8. The summed E-state index contributed by atoms with van der Waals surface area (Å²) in [5, 5.41) is 49.4. The van der Waals surface area contributed by atoms with Gasteiger partial charge < -0.3 is 44.7 Å². The molecule has 4 bridgehead atoms. The Hall–Kier alpha value is -5.53. The van der Waals surface area contributed by atoms with Gasteiger partial charge in [0.05, 0.1) is 41.8 Å². The Morgan fingerprint density at radius 2 is 1.63 bits per heavy atom. The minimum absolute atomic E-state index is 0.0185. The number of allylic oxidation sites excluding steroid dienone is 2. The van der Waals surface area contributed by atoms with Crippen LogP contribution in [0, 0.1) is 37.5 Å². The molecule has 4 aromatic rings. The van der Waals surface area contributed by atoms with E-state index in [0.29, 0.717) is 11.9 Å². The first-order valence-electron chi connectivity index (χ1n) is 19.9. The minimum Gasteiger partial charge on any atom is -0.507 e. The summed E-state index contributed by atoms with van der Waals surface area (Å²) in [4.78, 5) is 45.6. The molecule has 1 amide bonds. The molecule has 4 heterocycles. The van der Waals surface area contributed by atoms with Gasteiger partial charge in [-0.25, -0.2) is 4.98 Å². The maximum Gasteiger partial charge on any atom is 0.312 e. The van der Waals surface area contributed by atoms with Crippen molar-refractivity contribution in [2.45, 2.75) is 92.5 Å². The Labute approximate surface area is 359 Å². The van der Waals surface area contributed by atoms with Crippen molar-refractivity contribution in [1.82, 2.24) is 9.38 Å². The van der Waals surface area contributed by atoms with Gasteiger partial charge in [0, 0.05) is 67.3 Å². The quantitative estimate of drug-likeness (QED) is 0.0807. The van der Waals surface area contributed by atoms with Crippen LogP contribution in [0.15, 0.2) is 54.5 Å². The number of aliphatic hydroxyl groups is 2.